The van der Waals surface area contributed by atoms with E-state index in [0.29, 0.717) is 10.6 Å². The topological polar surface area (TPSA) is 107 Å². The number of H-pyrrole nitrogens is 4. The van der Waals surface area contributed by atoms with E-state index in [1.165, 1.54) is 0 Å². The summed E-state index contributed by atoms with van der Waals surface area (Å²) in [5.41, 5.74) is 0.318. The lowest BCUT2D eigenvalue weighted by Crippen LogP contribution is -2.29. The summed E-state index contributed by atoms with van der Waals surface area (Å²) in [6.07, 6.45) is 0. The van der Waals surface area contributed by atoms with Gasteiger partial charge in [0.15, 0.2) is 9.54 Å². The third-order valence-electron chi connectivity index (χ3n) is 3.87. The number of aromatic nitrogens is 4. The van der Waals surface area contributed by atoms with Crippen LogP contribution in [-0.4, -0.2) is 19.9 Å². The fourth-order valence-electron chi connectivity index (χ4n) is 2.87. The number of halogens is 1. The molecule has 0 aliphatic carbocycles. The van der Waals surface area contributed by atoms with E-state index in [1.54, 1.807) is 24.3 Å². The van der Waals surface area contributed by atoms with Crippen molar-refractivity contribution in [2.45, 2.75) is 5.92 Å². The highest BCUT2D eigenvalue weighted by molar-refractivity contribution is 7.71. The van der Waals surface area contributed by atoms with E-state index < -0.39 is 17.0 Å². The molecule has 3 heterocycles. The molecule has 4 rings (SSSR count). The van der Waals surface area contributed by atoms with Gasteiger partial charge in [-0.15, -0.1) is 0 Å². The van der Waals surface area contributed by atoms with Crippen molar-refractivity contribution in [2.24, 2.45) is 0 Å². The van der Waals surface area contributed by atoms with E-state index in [4.69, 9.17) is 40.8 Å². The van der Waals surface area contributed by atoms with Gasteiger partial charge in [-0.2, -0.15) is 0 Å². The summed E-state index contributed by atoms with van der Waals surface area (Å²) < 4.78 is 5.90. The summed E-state index contributed by atoms with van der Waals surface area (Å²) >= 11 is 16.0. The Morgan fingerprint density at radius 3 is 1.80 bits per heavy atom. The Bertz CT molecular complexity index is 1150. The van der Waals surface area contributed by atoms with E-state index >= 15 is 0 Å². The third kappa shape index (κ3) is 2.66. The van der Waals surface area contributed by atoms with Gasteiger partial charge in [0.1, 0.15) is 0 Å². The van der Waals surface area contributed by atoms with Crippen molar-refractivity contribution in [3.8, 4) is 11.8 Å². The second-order valence-electron chi connectivity index (χ2n) is 5.39. The molecule has 0 unspecified atom stereocenters. The number of fused-ring (bicyclic) bond motifs is 2. The molecule has 1 aliphatic rings. The van der Waals surface area contributed by atoms with Gasteiger partial charge in [-0.1, -0.05) is 23.7 Å². The first-order chi connectivity index (χ1) is 11.9. The number of ether oxygens (including phenoxy) is 1. The zero-order valence-electron chi connectivity index (χ0n) is 12.3. The van der Waals surface area contributed by atoms with Crippen molar-refractivity contribution < 1.29 is 4.74 Å². The average Bonchev–Trinajstić information content (AvgIpc) is 2.53. The highest BCUT2D eigenvalue weighted by Gasteiger charge is 2.35. The second kappa shape index (κ2) is 5.80. The van der Waals surface area contributed by atoms with E-state index in [1.807, 2.05) is 0 Å². The monoisotopic (exact) mass is 392 g/mol. The summed E-state index contributed by atoms with van der Waals surface area (Å²) in [4.78, 5) is 35.7. The van der Waals surface area contributed by atoms with Gasteiger partial charge >= 0.3 is 0 Å². The third-order valence-corrected chi connectivity index (χ3v) is 4.53. The van der Waals surface area contributed by atoms with Crippen molar-refractivity contribution in [2.75, 3.05) is 0 Å². The molecule has 0 saturated carbocycles. The fraction of sp³-hybridized carbons (Fsp3) is 0.0667. The van der Waals surface area contributed by atoms with Gasteiger partial charge in [-0.25, -0.2) is 0 Å². The molecule has 10 heteroatoms. The van der Waals surface area contributed by atoms with Crippen LogP contribution in [0.1, 0.15) is 22.6 Å². The largest absolute Gasteiger partial charge is 0.423 e. The molecule has 126 valence electrons. The SMILES string of the molecule is O=c1[nH]c(=S)[nH]c2c1C(c1ccc(Cl)cc1)c1c([nH]c(=S)[nH]c1=O)O2. The van der Waals surface area contributed by atoms with Gasteiger partial charge in [0, 0.05) is 5.02 Å². The molecule has 0 spiro atoms. The van der Waals surface area contributed by atoms with Crippen LogP contribution in [-0.2, 0) is 0 Å². The van der Waals surface area contributed by atoms with Crippen LogP contribution in [0.3, 0.4) is 0 Å². The lowest BCUT2D eigenvalue weighted by molar-refractivity contribution is 0.408. The van der Waals surface area contributed by atoms with Gasteiger partial charge in [0.25, 0.3) is 11.1 Å². The minimum Gasteiger partial charge on any atom is -0.423 e. The Hall–Kier alpha value is -2.49. The van der Waals surface area contributed by atoms with Gasteiger partial charge in [0.05, 0.1) is 17.0 Å². The van der Waals surface area contributed by atoms with Crippen molar-refractivity contribution >= 4 is 36.0 Å². The van der Waals surface area contributed by atoms with Gasteiger partial charge in [0.2, 0.25) is 11.8 Å². The molecule has 2 aromatic heterocycles. The summed E-state index contributed by atoms with van der Waals surface area (Å²) in [5.74, 6) is -0.350. The van der Waals surface area contributed by atoms with Crippen LogP contribution in [0.25, 0.3) is 0 Å². The van der Waals surface area contributed by atoms with E-state index in [0.717, 1.165) is 0 Å². The van der Waals surface area contributed by atoms with Gasteiger partial charge < -0.3 is 14.7 Å². The molecule has 1 aromatic carbocycles. The molecule has 0 radical (unpaired) electrons. The standard InChI is InChI=1S/C15H9ClN4O3S2/c16-6-3-1-5(2-4-6)7-8-10(21)17-14(24)19-12(8)23-13-9(7)11(22)18-15(25)20-13/h1-4,7H,(H2,17,19,21,24)(H2,18,20,22,25). The first kappa shape index (κ1) is 16.0. The maximum Gasteiger partial charge on any atom is 0.259 e. The Morgan fingerprint density at radius 2 is 1.32 bits per heavy atom. The second-order valence-corrected chi connectivity index (χ2v) is 6.64. The van der Waals surface area contributed by atoms with Crippen LogP contribution in [0.2, 0.25) is 5.02 Å². The quantitative estimate of drug-likeness (QED) is 0.372. The van der Waals surface area contributed by atoms with E-state index in [-0.39, 0.29) is 32.4 Å². The summed E-state index contributed by atoms with van der Waals surface area (Å²) in [6, 6.07) is 6.86. The van der Waals surface area contributed by atoms with Crippen LogP contribution in [0.15, 0.2) is 33.9 Å². The highest BCUT2D eigenvalue weighted by Crippen LogP contribution is 2.42. The predicted molar refractivity (Wildman–Crippen MR) is 97.0 cm³/mol. The number of hydrogen-bond donors (Lipinski definition) is 4. The summed E-state index contributed by atoms with van der Waals surface area (Å²) in [7, 11) is 0. The first-order valence-electron chi connectivity index (χ1n) is 7.10. The lowest BCUT2D eigenvalue weighted by Gasteiger charge is -2.25. The summed E-state index contributed by atoms with van der Waals surface area (Å²) in [6.45, 7) is 0. The maximum atomic E-state index is 12.5. The molecule has 7 nitrogen and oxygen atoms in total. The predicted octanol–water partition coefficient (Wildman–Crippen LogP) is 3.12. The molecule has 1 aliphatic heterocycles. The first-order valence-corrected chi connectivity index (χ1v) is 8.30. The smallest absolute Gasteiger partial charge is 0.259 e. The molecular weight excluding hydrogens is 384 g/mol. The normalized spacial score (nSPS) is 13.0. The Kier molecular flexibility index (Phi) is 3.71. The molecule has 4 N–H and O–H groups in total. The maximum absolute atomic E-state index is 12.5. The fourth-order valence-corrected chi connectivity index (χ4v) is 3.37. The molecule has 0 amide bonds. The Morgan fingerprint density at radius 1 is 0.840 bits per heavy atom. The van der Waals surface area contributed by atoms with Crippen molar-refractivity contribution in [1.29, 1.82) is 0 Å². The van der Waals surface area contributed by atoms with Crippen molar-refractivity contribution in [3.63, 3.8) is 0 Å². The molecule has 0 fully saturated rings. The zero-order chi connectivity index (χ0) is 17.7. The van der Waals surface area contributed by atoms with Crippen molar-refractivity contribution in [3.05, 3.63) is 76.2 Å². The van der Waals surface area contributed by atoms with Crippen LogP contribution < -0.4 is 15.9 Å². The molecule has 0 atom stereocenters. The van der Waals surface area contributed by atoms with E-state index in [2.05, 4.69) is 19.9 Å². The number of hydrogen-bond acceptors (Lipinski definition) is 5. The number of aromatic amines is 4. The molecule has 3 aromatic rings. The Balaban J connectivity index is 2.11. The minimum atomic E-state index is -0.679. The molecule has 0 bridgehead atoms. The van der Waals surface area contributed by atoms with E-state index in [9.17, 15) is 9.59 Å². The zero-order valence-corrected chi connectivity index (χ0v) is 14.7. The highest BCUT2D eigenvalue weighted by atomic mass is 35.5. The van der Waals surface area contributed by atoms with Crippen LogP contribution in [0.4, 0.5) is 0 Å². The van der Waals surface area contributed by atoms with Gasteiger partial charge in [-0.3, -0.25) is 19.6 Å². The molecule has 0 saturated heterocycles. The van der Waals surface area contributed by atoms with Crippen LogP contribution >= 0.6 is 36.0 Å². The number of rotatable bonds is 1. The Labute approximate surface area is 154 Å². The van der Waals surface area contributed by atoms with Crippen LogP contribution in [0, 0.1) is 9.54 Å². The summed E-state index contributed by atoms with van der Waals surface area (Å²) in [5, 5.41) is 0.541. The van der Waals surface area contributed by atoms with Crippen LogP contribution in [0.5, 0.6) is 11.8 Å². The number of nitrogens with one attached hydrogen (secondary N) is 4. The minimum absolute atomic E-state index is 0.116. The number of benzene rings is 1. The van der Waals surface area contributed by atoms with Crippen molar-refractivity contribution in [1.82, 2.24) is 19.9 Å². The average molecular weight is 393 g/mol. The molecule has 25 heavy (non-hydrogen) atoms. The molecular formula is C15H9ClN4O3S2. The lowest BCUT2D eigenvalue weighted by atomic mass is 9.86. The van der Waals surface area contributed by atoms with Gasteiger partial charge in [-0.05, 0) is 42.1 Å².